The van der Waals surface area contributed by atoms with Crippen LogP contribution in [0, 0.1) is 11.8 Å². The molecule has 1 aromatic rings. The standard InChI is InChI=1S/C11H14N4O3/c1-17-10-8(2-3-12-15-10)13-11(16)14-9-6-4-18-5-7(6)9/h2-3,6-7,9H,4-5H2,1H3,(H2,12,13,14,16)/t6-,7+,9?. The largest absolute Gasteiger partial charge is 0.478 e. The first-order valence-corrected chi connectivity index (χ1v) is 5.80. The van der Waals surface area contributed by atoms with Crippen LogP contribution >= 0.6 is 0 Å². The zero-order valence-corrected chi connectivity index (χ0v) is 9.92. The van der Waals surface area contributed by atoms with Crippen molar-refractivity contribution in [2.45, 2.75) is 6.04 Å². The summed E-state index contributed by atoms with van der Waals surface area (Å²) in [5.74, 6) is 1.26. The molecule has 7 heteroatoms. The van der Waals surface area contributed by atoms with Crippen molar-refractivity contribution < 1.29 is 14.3 Å². The van der Waals surface area contributed by atoms with Crippen molar-refractivity contribution in [2.24, 2.45) is 11.8 Å². The molecule has 0 radical (unpaired) electrons. The number of urea groups is 1. The number of aromatic nitrogens is 2. The number of hydrogen-bond donors (Lipinski definition) is 2. The molecule has 2 heterocycles. The normalized spacial score (nSPS) is 28.4. The molecule has 1 aliphatic heterocycles. The molecule has 1 unspecified atom stereocenters. The van der Waals surface area contributed by atoms with Gasteiger partial charge in [-0.2, -0.15) is 5.10 Å². The summed E-state index contributed by atoms with van der Waals surface area (Å²) in [5.41, 5.74) is 0.507. The number of amides is 2. The van der Waals surface area contributed by atoms with E-state index in [0.717, 1.165) is 13.2 Å². The van der Waals surface area contributed by atoms with Gasteiger partial charge in [0.1, 0.15) is 5.69 Å². The summed E-state index contributed by atoms with van der Waals surface area (Å²) in [6.45, 7) is 1.49. The highest BCUT2D eigenvalue weighted by Gasteiger charge is 2.54. The Labute approximate surface area is 104 Å². The minimum absolute atomic E-state index is 0.236. The fourth-order valence-corrected chi connectivity index (χ4v) is 2.33. The minimum atomic E-state index is -0.249. The molecule has 96 valence electrons. The number of nitrogens with one attached hydrogen (secondary N) is 2. The number of ether oxygens (including phenoxy) is 2. The number of nitrogens with zero attached hydrogens (tertiary/aromatic N) is 2. The van der Waals surface area contributed by atoms with Gasteiger partial charge in [-0.25, -0.2) is 4.79 Å². The maximum absolute atomic E-state index is 11.8. The van der Waals surface area contributed by atoms with Gasteiger partial charge in [0, 0.05) is 17.9 Å². The topological polar surface area (TPSA) is 85.4 Å². The highest BCUT2D eigenvalue weighted by molar-refractivity contribution is 5.90. The van der Waals surface area contributed by atoms with Crippen LogP contribution in [0.4, 0.5) is 10.5 Å². The van der Waals surface area contributed by atoms with E-state index in [9.17, 15) is 4.79 Å². The lowest BCUT2D eigenvalue weighted by molar-refractivity contribution is 0.157. The molecule has 2 amide bonds. The van der Waals surface area contributed by atoms with E-state index in [2.05, 4.69) is 20.8 Å². The average Bonchev–Trinajstić information content (AvgIpc) is 2.83. The maximum atomic E-state index is 11.8. The van der Waals surface area contributed by atoms with Crippen LogP contribution in [0.2, 0.25) is 0 Å². The third kappa shape index (κ3) is 1.97. The number of methoxy groups -OCH3 is 1. The Bertz CT molecular complexity index is 457. The Morgan fingerprint density at radius 3 is 3.00 bits per heavy atom. The summed E-state index contributed by atoms with van der Waals surface area (Å²) < 4.78 is 10.3. The van der Waals surface area contributed by atoms with Gasteiger partial charge in [0.15, 0.2) is 0 Å². The molecule has 3 rings (SSSR count). The monoisotopic (exact) mass is 250 g/mol. The molecule has 0 spiro atoms. The fourth-order valence-electron chi connectivity index (χ4n) is 2.33. The van der Waals surface area contributed by atoms with Crippen LogP contribution in [-0.4, -0.2) is 42.6 Å². The van der Waals surface area contributed by atoms with Gasteiger partial charge in [-0.15, -0.1) is 5.10 Å². The molecular weight excluding hydrogens is 236 g/mol. The summed E-state index contributed by atoms with van der Waals surface area (Å²) >= 11 is 0. The summed E-state index contributed by atoms with van der Waals surface area (Å²) in [5, 5.41) is 13.1. The Balaban J connectivity index is 1.57. The molecule has 7 nitrogen and oxygen atoms in total. The summed E-state index contributed by atoms with van der Waals surface area (Å²) in [6, 6.07) is 1.63. The minimum Gasteiger partial charge on any atom is -0.478 e. The van der Waals surface area contributed by atoms with Crippen LogP contribution in [-0.2, 0) is 4.74 Å². The van der Waals surface area contributed by atoms with Gasteiger partial charge < -0.3 is 20.1 Å². The quantitative estimate of drug-likeness (QED) is 0.803. The second-order valence-corrected chi connectivity index (χ2v) is 4.44. The van der Waals surface area contributed by atoms with Crippen molar-refractivity contribution in [1.82, 2.24) is 15.5 Å². The van der Waals surface area contributed by atoms with Crippen molar-refractivity contribution in [3.63, 3.8) is 0 Å². The van der Waals surface area contributed by atoms with Crippen molar-refractivity contribution in [3.05, 3.63) is 12.3 Å². The van der Waals surface area contributed by atoms with Gasteiger partial charge in [0.2, 0.25) is 0 Å². The maximum Gasteiger partial charge on any atom is 0.319 e. The number of anilines is 1. The second-order valence-electron chi connectivity index (χ2n) is 4.44. The molecule has 1 saturated carbocycles. The lowest BCUT2D eigenvalue weighted by Crippen LogP contribution is -2.34. The molecule has 2 N–H and O–H groups in total. The first-order valence-electron chi connectivity index (χ1n) is 5.80. The molecule has 18 heavy (non-hydrogen) atoms. The van der Waals surface area contributed by atoms with Crippen molar-refractivity contribution >= 4 is 11.7 Å². The first-order chi connectivity index (χ1) is 8.79. The number of carbonyl (C=O) groups excluding carboxylic acids is 1. The van der Waals surface area contributed by atoms with Gasteiger partial charge in [0.25, 0.3) is 5.88 Å². The number of carbonyl (C=O) groups is 1. The smallest absolute Gasteiger partial charge is 0.319 e. The van der Waals surface area contributed by atoms with Crippen molar-refractivity contribution in [3.8, 4) is 5.88 Å². The molecule has 2 aliphatic rings. The van der Waals surface area contributed by atoms with Gasteiger partial charge in [-0.3, -0.25) is 0 Å². The van der Waals surface area contributed by atoms with E-state index in [0.29, 0.717) is 23.4 Å². The third-order valence-electron chi connectivity index (χ3n) is 3.38. The van der Waals surface area contributed by atoms with E-state index < -0.39 is 0 Å². The average molecular weight is 250 g/mol. The highest BCUT2D eigenvalue weighted by Crippen LogP contribution is 2.44. The van der Waals surface area contributed by atoms with Crippen molar-refractivity contribution in [2.75, 3.05) is 25.6 Å². The Hall–Kier alpha value is -1.89. The number of rotatable bonds is 3. The Kier molecular flexibility index (Phi) is 2.75. The predicted molar refractivity (Wildman–Crippen MR) is 62.3 cm³/mol. The molecular formula is C11H14N4O3. The van der Waals surface area contributed by atoms with Gasteiger partial charge in [-0.05, 0) is 6.07 Å². The fraction of sp³-hybridized carbons (Fsp3) is 0.545. The van der Waals surface area contributed by atoms with Gasteiger partial charge >= 0.3 is 6.03 Å². The van der Waals surface area contributed by atoms with Crippen LogP contribution in [0.3, 0.4) is 0 Å². The van der Waals surface area contributed by atoms with Crippen LogP contribution in [0.1, 0.15) is 0 Å². The van der Waals surface area contributed by atoms with E-state index in [1.807, 2.05) is 0 Å². The summed E-state index contributed by atoms with van der Waals surface area (Å²) in [7, 11) is 1.48. The SMILES string of the molecule is COc1nnccc1NC(=O)NC1[C@H]2COC[C@@H]12. The molecule has 1 aromatic heterocycles. The van der Waals surface area contributed by atoms with Crippen LogP contribution < -0.4 is 15.4 Å². The van der Waals surface area contributed by atoms with Crippen molar-refractivity contribution in [1.29, 1.82) is 0 Å². The van der Waals surface area contributed by atoms with E-state index in [4.69, 9.17) is 9.47 Å². The molecule has 1 aliphatic carbocycles. The number of hydrogen-bond acceptors (Lipinski definition) is 5. The highest BCUT2D eigenvalue weighted by atomic mass is 16.5. The zero-order chi connectivity index (χ0) is 12.5. The van der Waals surface area contributed by atoms with Crippen LogP contribution in [0.5, 0.6) is 5.88 Å². The predicted octanol–water partition coefficient (Wildman–Crippen LogP) is 0.251. The molecule has 0 bridgehead atoms. The van der Waals surface area contributed by atoms with Crippen LogP contribution in [0.15, 0.2) is 12.3 Å². The van der Waals surface area contributed by atoms with E-state index in [-0.39, 0.29) is 12.1 Å². The van der Waals surface area contributed by atoms with Gasteiger partial charge in [-0.1, -0.05) is 0 Å². The van der Waals surface area contributed by atoms with Gasteiger partial charge in [0.05, 0.1) is 26.5 Å². The Morgan fingerprint density at radius 1 is 1.50 bits per heavy atom. The van der Waals surface area contributed by atoms with Crippen LogP contribution in [0.25, 0.3) is 0 Å². The Morgan fingerprint density at radius 2 is 2.28 bits per heavy atom. The number of fused-ring (bicyclic) bond motifs is 1. The van der Waals surface area contributed by atoms with E-state index >= 15 is 0 Å². The van der Waals surface area contributed by atoms with E-state index in [1.54, 1.807) is 6.07 Å². The lowest BCUT2D eigenvalue weighted by Gasteiger charge is -2.10. The summed E-state index contributed by atoms with van der Waals surface area (Å²) in [6.07, 6.45) is 1.50. The molecule has 3 atom stereocenters. The van der Waals surface area contributed by atoms with E-state index in [1.165, 1.54) is 13.3 Å². The second kappa shape index (κ2) is 4.41. The summed E-state index contributed by atoms with van der Waals surface area (Å²) in [4.78, 5) is 11.8. The molecule has 0 aromatic carbocycles. The zero-order valence-electron chi connectivity index (χ0n) is 9.92. The molecule has 1 saturated heterocycles. The first kappa shape index (κ1) is 11.2. The lowest BCUT2D eigenvalue weighted by atomic mass is 10.4. The molecule has 2 fully saturated rings. The third-order valence-corrected chi connectivity index (χ3v) is 3.38.